The van der Waals surface area contributed by atoms with Gasteiger partial charge in [-0.2, -0.15) is 5.26 Å². The molecule has 2 N–H and O–H groups in total. The van der Waals surface area contributed by atoms with Crippen LogP contribution in [0.1, 0.15) is 25.0 Å². The fraction of sp³-hybridized carbons (Fsp3) is 0.200. The summed E-state index contributed by atoms with van der Waals surface area (Å²) in [5, 5.41) is 16.5. The fourth-order valence-corrected chi connectivity index (χ4v) is 4.09. The molecule has 32 heavy (non-hydrogen) atoms. The molecule has 7 nitrogen and oxygen atoms in total. The topological polar surface area (TPSA) is 102 Å². The Labute approximate surface area is 185 Å². The minimum Gasteiger partial charge on any atom is -0.344 e. The molecule has 1 aliphatic rings. The molecule has 160 valence electrons. The van der Waals surface area contributed by atoms with Crippen molar-refractivity contribution in [3.63, 3.8) is 0 Å². The normalized spacial score (nSPS) is 16.1. The summed E-state index contributed by atoms with van der Waals surface area (Å²) < 4.78 is 0. The van der Waals surface area contributed by atoms with E-state index in [0.29, 0.717) is 23.4 Å². The van der Waals surface area contributed by atoms with Gasteiger partial charge in [0.1, 0.15) is 12.1 Å². The summed E-state index contributed by atoms with van der Waals surface area (Å²) in [6.07, 6.45) is 0.357. The molecule has 1 heterocycles. The van der Waals surface area contributed by atoms with E-state index in [0.717, 1.165) is 16.3 Å². The SMILES string of the molecule is CC(=O)N[C@H]1Cc2c(ccc3ccccc23)N([C@@H](C)C(=O)Nc2ccc(C#N)cc2)C1=O. The number of nitriles is 1. The quantitative estimate of drug-likeness (QED) is 0.669. The third-order valence-corrected chi connectivity index (χ3v) is 5.64. The van der Waals surface area contributed by atoms with Gasteiger partial charge in [-0.25, -0.2) is 0 Å². The van der Waals surface area contributed by atoms with Crippen molar-refractivity contribution < 1.29 is 14.4 Å². The average molecular weight is 426 g/mol. The number of benzene rings is 3. The highest BCUT2D eigenvalue weighted by molar-refractivity contribution is 6.10. The van der Waals surface area contributed by atoms with Crippen LogP contribution in [-0.4, -0.2) is 29.8 Å². The Morgan fingerprint density at radius 1 is 1.09 bits per heavy atom. The van der Waals surface area contributed by atoms with Crippen molar-refractivity contribution in [2.24, 2.45) is 0 Å². The molecule has 4 rings (SSSR count). The molecular weight excluding hydrogens is 404 g/mol. The first-order chi connectivity index (χ1) is 15.4. The van der Waals surface area contributed by atoms with Crippen LogP contribution in [0.25, 0.3) is 10.8 Å². The van der Waals surface area contributed by atoms with Crippen molar-refractivity contribution in [2.45, 2.75) is 32.4 Å². The van der Waals surface area contributed by atoms with E-state index >= 15 is 0 Å². The summed E-state index contributed by atoms with van der Waals surface area (Å²) in [5.74, 6) is -1.00. The van der Waals surface area contributed by atoms with Crippen LogP contribution >= 0.6 is 0 Å². The van der Waals surface area contributed by atoms with Crippen molar-refractivity contribution in [1.82, 2.24) is 5.32 Å². The monoisotopic (exact) mass is 426 g/mol. The maximum atomic E-state index is 13.3. The van der Waals surface area contributed by atoms with Gasteiger partial charge in [0.2, 0.25) is 11.8 Å². The molecule has 0 radical (unpaired) electrons. The highest BCUT2D eigenvalue weighted by Crippen LogP contribution is 2.35. The van der Waals surface area contributed by atoms with Crippen molar-refractivity contribution >= 4 is 39.9 Å². The number of carbonyl (C=O) groups excluding carboxylic acids is 3. The Bertz CT molecular complexity index is 1260. The minimum absolute atomic E-state index is 0.304. The van der Waals surface area contributed by atoms with Crippen LogP contribution in [0.15, 0.2) is 60.7 Å². The smallest absolute Gasteiger partial charge is 0.250 e. The summed E-state index contributed by atoms with van der Waals surface area (Å²) in [6.45, 7) is 3.03. The van der Waals surface area contributed by atoms with Crippen molar-refractivity contribution in [3.05, 3.63) is 71.8 Å². The zero-order valence-corrected chi connectivity index (χ0v) is 17.8. The third-order valence-electron chi connectivity index (χ3n) is 5.64. The lowest BCUT2D eigenvalue weighted by molar-refractivity contribution is -0.128. The zero-order valence-electron chi connectivity index (χ0n) is 17.8. The molecule has 0 unspecified atom stereocenters. The first kappa shape index (κ1) is 21.1. The zero-order chi connectivity index (χ0) is 22.8. The van der Waals surface area contributed by atoms with Gasteiger partial charge >= 0.3 is 0 Å². The molecule has 0 saturated carbocycles. The number of anilines is 2. The van der Waals surface area contributed by atoms with Crippen molar-refractivity contribution in [3.8, 4) is 6.07 Å². The van der Waals surface area contributed by atoms with E-state index < -0.39 is 12.1 Å². The van der Waals surface area contributed by atoms with E-state index in [9.17, 15) is 14.4 Å². The lowest BCUT2D eigenvalue weighted by Gasteiger charge is -2.38. The van der Waals surface area contributed by atoms with Crippen LogP contribution in [0.5, 0.6) is 0 Å². The number of fused-ring (bicyclic) bond motifs is 3. The number of hydrogen-bond acceptors (Lipinski definition) is 4. The molecule has 0 bridgehead atoms. The molecule has 7 heteroatoms. The van der Waals surface area contributed by atoms with Crippen LogP contribution in [-0.2, 0) is 20.8 Å². The van der Waals surface area contributed by atoms with Gasteiger partial charge in [-0.1, -0.05) is 30.3 Å². The minimum atomic E-state index is -0.824. The Balaban J connectivity index is 1.71. The Morgan fingerprint density at radius 3 is 2.50 bits per heavy atom. The predicted octanol–water partition coefficient (Wildman–Crippen LogP) is 3.13. The first-order valence-electron chi connectivity index (χ1n) is 10.3. The molecule has 0 saturated heterocycles. The molecular formula is C25H22N4O3. The molecule has 0 spiro atoms. The molecule has 0 aromatic heterocycles. The average Bonchev–Trinajstić information content (AvgIpc) is 2.79. The maximum Gasteiger partial charge on any atom is 0.250 e. The molecule has 1 aliphatic heterocycles. The van der Waals surface area contributed by atoms with Crippen molar-refractivity contribution in [2.75, 3.05) is 10.2 Å². The molecule has 0 aliphatic carbocycles. The van der Waals surface area contributed by atoms with E-state index in [1.54, 1.807) is 31.2 Å². The summed E-state index contributed by atoms with van der Waals surface area (Å²) in [4.78, 5) is 39.6. The summed E-state index contributed by atoms with van der Waals surface area (Å²) in [7, 11) is 0. The molecule has 3 aromatic rings. The second-order valence-electron chi connectivity index (χ2n) is 7.80. The van der Waals surface area contributed by atoms with E-state index in [4.69, 9.17) is 5.26 Å². The lowest BCUT2D eigenvalue weighted by atomic mass is 9.91. The number of rotatable bonds is 4. The van der Waals surface area contributed by atoms with Gasteiger partial charge in [0, 0.05) is 24.7 Å². The van der Waals surface area contributed by atoms with Crippen LogP contribution in [0.2, 0.25) is 0 Å². The Morgan fingerprint density at radius 2 is 1.81 bits per heavy atom. The van der Waals surface area contributed by atoms with Gasteiger partial charge in [0.25, 0.3) is 5.91 Å². The van der Waals surface area contributed by atoms with Gasteiger partial charge in [-0.15, -0.1) is 0 Å². The lowest BCUT2D eigenvalue weighted by Crippen LogP contribution is -2.57. The Hall–Kier alpha value is -4.18. The fourth-order valence-electron chi connectivity index (χ4n) is 4.09. The molecule has 0 fully saturated rings. The summed E-state index contributed by atoms with van der Waals surface area (Å²) >= 11 is 0. The van der Waals surface area contributed by atoms with Crippen LogP contribution in [0.4, 0.5) is 11.4 Å². The Kier molecular flexibility index (Phi) is 5.61. The summed E-state index contributed by atoms with van der Waals surface area (Å²) in [6, 6.07) is 18.6. The second kappa shape index (κ2) is 8.52. The maximum absolute atomic E-state index is 13.3. The van der Waals surface area contributed by atoms with Gasteiger partial charge in [-0.3, -0.25) is 19.3 Å². The molecule has 3 aromatic carbocycles. The number of nitrogens with one attached hydrogen (secondary N) is 2. The third kappa shape index (κ3) is 3.91. The van der Waals surface area contributed by atoms with E-state index in [-0.39, 0.29) is 17.7 Å². The molecule has 2 atom stereocenters. The standard InChI is InChI=1S/C25H22N4O3/c1-15(24(31)28-19-10-7-17(14-26)8-11-19)29-23-12-9-18-5-3-4-6-20(18)21(23)13-22(25(29)32)27-16(2)30/h3-12,15,22H,13H2,1-2H3,(H,27,30)(H,28,31)/t15-,22-/m0/s1. The number of hydrogen-bond donors (Lipinski definition) is 2. The first-order valence-corrected chi connectivity index (χ1v) is 10.3. The number of amides is 3. The van der Waals surface area contributed by atoms with Crippen LogP contribution < -0.4 is 15.5 Å². The van der Waals surface area contributed by atoms with Gasteiger partial charge in [0.15, 0.2) is 0 Å². The van der Waals surface area contributed by atoms with E-state index in [2.05, 4.69) is 10.6 Å². The van der Waals surface area contributed by atoms with Crippen LogP contribution in [0.3, 0.4) is 0 Å². The second-order valence-corrected chi connectivity index (χ2v) is 7.80. The summed E-state index contributed by atoms with van der Waals surface area (Å²) in [5.41, 5.74) is 2.60. The largest absolute Gasteiger partial charge is 0.344 e. The highest BCUT2D eigenvalue weighted by Gasteiger charge is 2.38. The van der Waals surface area contributed by atoms with Gasteiger partial charge in [-0.05, 0) is 53.6 Å². The predicted molar refractivity (Wildman–Crippen MR) is 122 cm³/mol. The van der Waals surface area contributed by atoms with E-state index in [1.807, 2.05) is 42.5 Å². The van der Waals surface area contributed by atoms with Gasteiger partial charge < -0.3 is 10.6 Å². The molecule has 3 amide bonds. The van der Waals surface area contributed by atoms with Crippen LogP contribution in [0, 0.1) is 11.3 Å². The van der Waals surface area contributed by atoms with Gasteiger partial charge in [0.05, 0.1) is 11.6 Å². The van der Waals surface area contributed by atoms with Crippen molar-refractivity contribution in [1.29, 1.82) is 5.26 Å². The number of carbonyl (C=O) groups is 3. The van der Waals surface area contributed by atoms with E-state index in [1.165, 1.54) is 11.8 Å². The number of nitrogens with zero attached hydrogens (tertiary/aromatic N) is 2. The highest BCUT2D eigenvalue weighted by atomic mass is 16.2.